The summed E-state index contributed by atoms with van der Waals surface area (Å²) in [4.78, 5) is 11.4. The lowest BCUT2D eigenvalue weighted by molar-refractivity contribution is -0.120. The summed E-state index contributed by atoms with van der Waals surface area (Å²) in [7, 11) is 1.65. The highest BCUT2D eigenvalue weighted by Gasteiger charge is 2.02. The second-order valence-corrected chi connectivity index (χ2v) is 5.10. The van der Waals surface area contributed by atoms with Crippen LogP contribution >= 0.6 is 15.9 Å². The lowest BCUT2D eigenvalue weighted by Gasteiger charge is -2.08. The Morgan fingerprint density at radius 3 is 2.79 bits per heavy atom. The molecule has 1 amide bonds. The molecule has 0 atom stereocenters. The van der Waals surface area contributed by atoms with E-state index in [9.17, 15) is 4.79 Å². The molecule has 0 unspecified atom stereocenters. The molecule has 0 radical (unpaired) electrons. The van der Waals surface area contributed by atoms with Gasteiger partial charge in [0.2, 0.25) is 5.91 Å². The van der Waals surface area contributed by atoms with Crippen molar-refractivity contribution in [3.8, 4) is 5.75 Å². The van der Waals surface area contributed by atoms with E-state index in [2.05, 4.69) is 26.6 Å². The van der Waals surface area contributed by atoms with Crippen LogP contribution in [0.25, 0.3) is 0 Å². The number of benzene rings is 1. The normalized spacial score (nSPS) is 10.3. The number of ether oxygens (including phenoxy) is 1. The molecule has 0 aliphatic rings. The van der Waals surface area contributed by atoms with Crippen LogP contribution in [0.4, 0.5) is 0 Å². The summed E-state index contributed by atoms with van der Waals surface area (Å²) in [5.41, 5.74) is 1.15. The van der Waals surface area contributed by atoms with Crippen molar-refractivity contribution < 1.29 is 9.53 Å². The number of hydrogen-bond donors (Lipinski definition) is 2. The van der Waals surface area contributed by atoms with Crippen molar-refractivity contribution in [3.63, 3.8) is 0 Å². The molecule has 0 bridgehead atoms. The number of amides is 1. The first-order chi connectivity index (χ1) is 9.17. The largest absolute Gasteiger partial charge is 0.496 e. The summed E-state index contributed by atoms with van der Waals surface area (Å²) in [5, 5.41) is 6.10. The van der Waals surface area contributed by atoms with Crippen molar-refractivity contribution in [2.45, 2.75) is 26.3 Å². The highest BCUT2D eigenvalue weighted by Crippen LogP contribution is 2.25. The Bertz CT molecular complexity index is 410. The third-order valence-corrected chi connectivity index (χ3v) is 3.27. The van der Waals surface area contributed by atoms with E-state index in [1.807, 2.05) is 25.1 Å². The zero-order chi connectivity index (χ0) is 14.1. The maximum absolute atomic E-state index is 11.4. The van der Waals surface area contributed by atoms with Gasteiger partial charge in [0.1, 0.15) is 5.75 Å². The Kier molecular flexibility index (Phi) is 7.52. The van der Waals surface area contributed by atoms with E-state index < -0.39 is 0 Å². The molecule has 0 saturated heterocycles. The van der Waals surface area contributed by atoms with E-state index in [0.717, 1.165) is 35.3 Å². The van der Waals surface area contributed by atoms with Crippen molar-refractivity contribution in [2.24, 2.45) is 0 Å². The van der Waals surface area contributed by atoms with Gasteiger partial charge in [0.05, 0.1) is 11.6 Å². The molecule has 1 aromatic carbocycles. The second-order valence-electron chi connectivity index (χ2n) is 4.25. The van der Waals surface area contributed by atoms with E-state index in [1.54, 1.807) is 7.11 Å². The van der Waals surface area contributed by atoms with Crippen LogP contribution in [-0.2, 0) is 11.3 Å². The van der Waals surface area contributed by atoms with Crippen molar-refractivity contribution in [1.29, 1.82) is 0 Å². The predicted molar refractivity (Wildman–Crippen MR) is 80.3 cm³/mol. The van der Waals surface area contributed by atoms with E-state index in [1.165, 1.54) is 0 Å². The maximum atomic E-state index is 11.4. The van der Waals surface area contributed by atoms with E-state index in [0.29, 0.717) is 13.0 Å². The fourth-order valence-corrected chi connectivity index (χ4v) is 2.20. The fourth-order valence-electron chi connectivity index (χ4n) is 1.61. The van der Waals surface area contributed by atoms with Gasteiger partial charge in [-0.2, -0.15) is 0 Å². The van der Waals surface area contributed by atoms with Crippen LogP contribution in [0, 0.1) is 0 Å². The molecule has 1 rings (SSSR count). The average molecular weight is 329 g/mol. The first-order valence-electron chi connectivity index (χ1n) is 6.47. The SMILES string of the molecule is CCCNC(=O)CCNCc1ccc(OC)c(Br)c1. The van der Waals surface area contributed by atoms with Gasteiger partial charge >= 0.3 is 0 Å². The first kappa shape index (κ1) is 16.0. The van der Waals surface area contributed by atoms with Crippen LogP contribution in [-0.4, -0.2) is 26.1 Å². The molecule has 0 fully saturated rings. The minimum atomic E-state index is 0.102. The molecule has 2 N–H and O–H groups in total. The topological polar surface area (TPSA) is 50.4 Å². The standard InChI is InChI=1S/C14H21BrN2O2/c1-3-7-17-14(18)6-8-16-10-11-4-5-13(19-2)12(15)9-11/h4-5,9,16H,3,6-8,10H2,1-2H3,(H,17,18). The zero-order valence-corrected chi connectivity index (χ0v) is 13.0. The number of methoxy groups -OCH3 is 1. The van der Waals surface area contributed by atoms with Crippen LogP contribution in [0.1, 0.15) is 25.3 Å². The number of hydrogen-bond acceptors (Lipinski definition) is 3. The Balaban J connectivity index is 2.26. The smallest absolute Gasteiger partial charge is 0.221 e. The van der Waals surface area contributed by atoms with Crippen LogP contribution in [0.3, 0.4) is 0 Å². The lowest BCUT2D eigenvalue weighted by atomic mass is 10.2. The minimum Gasteiger partial charge on any atom is -0.496 e. The Labute approximate surface area is 123 Å². The number of rotatable bonds is 8. The molecule has 0 aliphatic carbocycles. The molecule has 5 heteroatoms. The summed E-state index contributed by atoms with van der Waals surface area (Å²) in [6.07, 6.45) is 1.48. The summed E-state index contributed by atoms with van der Waals surface area (Å²) in [6.45, 7) is 4.22. The molecule has 0 aliphatic heterocycles. The second kappa shape index (κ2) is 8.93. The van der Waals surface area contributed by atoms with E-state index >= 15 is 0 Å². The molecular weight excluding hydrogens is 308 g/mol. The average Bonchev–Trinajstić information content (AvgIpc) is 2.41. The van der Waals surface area contributed by atoms with Gasteiger partial charge in [0.15, 0.2) is 0 Å². The van der Waals surface area contributed by atoms with Crippen LogP contribution in [0.2, 0.25) is 0 Å². The lowest BCUT2D eigenvalue weighted by Crippen LogP contribution is -2.28. The third kappa shape index (κ3) is 6.07. The van der Waals surface area contributed by atoms with Crippen LogP contribution in [0.5, 0.6) is 5.75 Å². The van der Waals surface area contributed by atoms with Crippen molar-refractivity contribution in [1.82, 2.24) is 10.6 Å². The number of nitrogens with one attached hydrogen (secondary N) is 2. The van der Waals surface area contributed by atoms with Crippen molar-refractivity contribution in [2.75, 3.05) is 20.2 Å². The number of halogens is 1. The summed E-state index contributed by atoms with van der Waals surface area (Å²) >= 11 is 3.45. The van der Waals surface area contributed by atoms with E-state index in [4.69, 9.17) is 4.74 Å². The van der Waals surface area contributed by atoms with Gasteiger partial charge in [0.25, 0.3) is 0 Å². The van der Waals surface area contributed by atoms with Gasteiger partial charge in [-0.1, -0.05) is 13.0 Å². The Morgan fingerprint density at radius 2 is 2.16 bits per heavy atom. The molecule has 4 nitrogen and oxygen atoms in total. The monoisotopic (exact) mass is 328 g/mol. The van der Waals surface area contributed by atoms with Crippen molar-refractivity contribution in [3.05, 3.63) is 28.2 Å². The van der Waals surface area contributed by atoms with Crippen molar-refractivity contribution >= 4 is 21.8 Å². The quantitative estimate of drug-likeness (QED) is 0.721. The molecule has 106 valence electrons. The predicted octanol–water partition coefficient (Wildman–Crippen LogP) is 2.46. The molecule has 0 spiro atoms. The summed E-state index contributed by atoms with van der Waals surface area (Å²) < 4.78 is 6.11. The Morgan fingerprint density at radius 1 is 1.37 bits per heavy atom. The zero-order valence-electron chi connectivity index (χ0n) is 11.5. The maximum Gasteiger partial charge on any atom is 0.221 e. The van der Waals surface area contributed by atoms with Crippen LogP contribution < -0.4 is 15.4 Å². The summed E-state index contributed by atoms with van der Waals surface area (Å²) in [5.74, 6) is 0.924. The molecule has 1 aromatic rings. The summed E-state index contributed by atoms with van der Waals surface area (Å²) in [6, 6.07) is 5.95. The number of carbonyl (C=O) groups is 1. The highest BCUT2D eigenvalue weighted by atomic mass is 79.9. The van der Waals surface area contributed by atoms with Gasteiger partial charge in [-0.05, 0) is 40.0 Å². The van der Waals surface area contributed by atoms with Gasteiger partial charge < -0.3 is 15.4 Å². The Hall–Kier alpha value is -1.07. The molecule has 0 heterocycles. The molecular formula is C14H21BrN2O2. The van der Waals surface area contributed by atoms with Gasteiger partial charge in [-0.25, -0.2) is 0 Å². The van der Waals surface area contributed by atoms with Gasteiger partial charge in [-0.3, -0.25) is 4.79 Å². The van der Waals surface area contributed by atoms with Crippen LogP contribution in [0.15, 0.2) is 22.7 Å². The molecule has 0 aromatic heterocycles. The van der Waals surface area contributed by atoms with E-state index in [-0.39, 0.29) is 5.91 Å². The van der Waals surface area contributed by atoms with Gasteiger partial charge in [0, 0.05) is 26.1 Å². The van der Waals surface area contributed by atoms with Gasteiger partial charge in [-0.15, -0.1) is 0 Å². The first-order valence-corrected chi connectivity index (χ1v) is 7.26. The molecule has 0 saturated carbocycles. The molecule has 19 heavy (non-hydrogen) atoms. The number of carbonyl (C=O) groups excluding carboxylic acids is 1. The third-order valence-electron chi connectivity index (χ3n) is 2.65. The minimum absolute atomic E-state index is 0.102. The highest BCUT2D eigenvalue weighted by molar-refractivity contribution is 9.10. The fraction of sp³-hybridized carbons (Fsp3) is 0.500.